The first-order valence-corrected chi connectivity index (χ1v) is 8.97. The zero-order valence-corrected chi connectivity index (χ0v) is 14.5. The Hall–Kier alpha value is -3.07. The molecule has 0 spiro atoms. The molecule has 8 nitrogen and oxygen atoms in total. The van der Waals surface area contributed by atoms with Crippen LogP contribution in [0.25, 0.3) is 0 Å². The smallest absolute Gasteiger partial charge is 0.312 e. The number of carbonyl (C=O) groups is 2. The van der Waals surface area contributed by atoms with Crippen LogP contribution in [0.5, 0.6) is 11.5 Å². The first kappa shape index (κ1) is 17.7. The number of hydrogen-bond donors (Lipinski definition) is 1. The molecule has 2 aromatic carbocycles. The highest BCUT2D eigenvalue weighted by Crippen LogP contribution is 2.35. The van der Waals surface area contributed by atoms with Crippen molar-refractivity contribution in [3.8, 4) is 11.5 Å². The molecule has 1 aliphatic heterocycles. The van der Waals surface area contributed by atoms with Crippen LogP contribution in [-0.2, 0) is 26.0 Å². The van der Waals surface area contributed by atoms with Gasteiger partial charge in [0.25, 0.3) is 15.9 Å². The second kappa shape index (κ2) is 6.68. The summed E-state index contributed by atoms with van der Waals surface area (Å²) in [6.45, 7) is -0.775. The molecule has 2 aromatic rings. The number of para-hydroxylation sites is 1. The van der Waals surface area contributed by atoms with Gasteiger partial charge in [-0.1, -0.05) is 24.3 Å². The summed E-state index contributed by atoms with van der Waals surface area (Å²) < 4.78 is 35.3. The molecule has 3 rings (SSSR count). The predicted molar refractivity (Wildman–Crippen MR) is 89.1 cm³/mol. The summed E-state index contributed by atoms with van der Waals surface area (Å²) in [4.78, 5) is 24.0. The van der Waals surface area contributed by atoms with Crippen molar-refractivity contribution in [2.24, 2.45) is 0 Å². The summed E-state index contributed by atoms with van der Waals surface area (Å²) in [7, 11) is -2.72. The van der Waals surface area contributed by atoms with E-state index in [9.17, 15) is 23.1 Å². The van der Waals surface area contributed by atoms with Gasteiger partial charge < -0.3 is 14.6 Å². The highest BCUT2D eigenvalue weighted by atomic mass is 32.2. The second-order valence-electron chi connectivity index (χ2n) is 5.44. The number of carbonyl (C=O) groups excluding carboxylic acids is 2. The van der Waals surface area contributed by atoms with Gasteiger partial charge in [0.2, 0.25) is 0 Å². The highest BCUT2D eigenvalue weighted by Gasteiger charge is 2.43. The van der Waals surface area contributed by atoms with Crippen LogP contribution in [0.15, 0.2) is 47.4 Å². The van der Waals surface area contributed by atoms with Crippen LogP contribution < -0.4 is 4.74 Å². The Balaban J connectivity index is 1.73. The van der Waals surface area contributed by atoms with Crippen LogP contribution in [0.1, 0.15) is 15.9 Å². The number of nitrogens with zero attached hydrogens (tertiary/aromatic N) is 1. The van der Waals surface area contributed by atoms with E-state index in [-0.39, 0.29) is 16.9 Å². The molecule has 9 heteroatoms. The molecular formula is C17H15NO7S. The number of phenolic OH excluding ortho intramolecular Hbond substituents is 1. The van der Waals surface area contributed by atoms with Crippen LogP contribution in [0, 0.1) is 0 Å². The van der Waals surface area contributed by atoms with Crippen molar-refractivity contribution < 1.29 is 32.6 Å². The van der Waals surface area contributed by atoms with Crippen molar-refractivity contribution in [3.63, 3.8) is 0 Å². The van der Waals surface area contributed by atoms with Crippen LogP contribution in [0.3, 0.4) is 0 Å². The van der Waals surface area contributed by atoms with Crippen molar-refractivity contribution in [1.29, 1.82) is 0 Å². The minimum absolute atomic E-state index is 0.149. The van der Waals surface area contributed by atoms with Gasteiger partial charge in [-0.3, -0.25) is 9.59 Å². The molecule has 0 saturated heterocycles. The van der Waals surface area contributed by atoms with Gasteiger partial charge in [0.05, 0.1) is 13.5 Å². The van der Waals surface area contributed by atoms with E-state index in [2.05, 4.69) is 0 Å². The molecule has 0 aromatic heterocycles. The number of esters is 1. The summed E-state index contributed by atoms with van der Waals surface area (Å²) in [6, 6.07) is 10.5. The SMILES string of the molecule is COc1ccccc1CC(=O)OCN1C(=O)c2c(O)cccc2S1(=O)=O. The van der Waals surface area contributed by atoms with Gasteiger partial charge in [-0.15, -0.1) is 0 Å². The lowest BCUT2D eigenvalue weighted by molar-refractivity contribution is -0.144. The van der Waals surface area contributed by atoms with Gasteiger partial charge in [0.1, 0.15) is 22.0 Å². The number of methoxy groups -OCH3 is 1. The number of fused-ring (bicyclic) bond motifs is 1. The van der Waals surface area contributed by atoms with Gasteiger partial charge in [-0.05, 0) is 18.2 Å². The van der Waals surface area contributed by atoms with Gasteiger partial charge in [0.15, 0.2) is 6.73 Å². The van der Waals surface area contributed by atoms with Crippen molar-refractivity contribution in [1.82, 2.24) is 4.31 Å². The van der Waals surface area contributed by atoms with E-state index in [1.807, 2.05) is 0 Å². The number of ether oxygens (including phenoxy) is 2. The van der Waals surface area contributed by atoms with Gasteiger partial charge in [0, 0.05) is 5.56 Å². The molecule has 136 valence electrons. The lowest BCUT2D eigenvalue weighted by Gasteiger charge is -2.15. The molecule has 26 heavy (non-hydrogen) atoms. The van der Waals surface area contributed by atoms with E-state index in [0.29, 0.717) is 15.6 Å². The molecular weight excluding hydrogens is 362 g/mol. The Morgan fingerprint density at radius 3 is 2.58 bits per heavy atom. The zero-order valence-electron chi connectivity index (χ0n) is 13.7. The third-order valence-corrected chi connectivity index (χ3v) is 5.63. The lowest BCUT2D eigenvalue weighted by Crippen LogP contribution is -2.33. The summed E-state index contributed by atoms with van der Waals surface area (Å²) in [6.07, 6.45) is -0.149. The zero-order chi connectivity index (χ0) is 18.9. The Morgan fingerprint density at radius 1 is 1.15 bits per heavy atom. The quantitative estimate of drug-likeness (QED) is 0.782. The van der Waals surface area contributed by atoms with Crippen molar-refractivity contribution in [2.45, 2.75) is 11.3 Å². The number of hydrogen-bond acceptors (Lipinski definition) is 7. The third kappa shape index (κ3) is 2.97. The number of amides is 1. The first-order valence-electron chi connectivity index (χ1n) is 7.53. The molecule has 1 amide bonds. The fourth-order valence-electron chi connectivity index (χ4n) is 2.62. The van der Waals surface area contributed by atoms with E-state index in [1.54, 1.807) is 24.3 Å². The van der Waals surface area contributed by atoms with Crippen LogP contribution >= 0.6 is 0 Å². The van der Waals surface area contributed by atoms with Crippen LogP contribution in [0.2, 0.25) is 0 Å². The van der Waals surface area contributed by atoms with Crippen LogP contribution in [-0.4, -0.2) is 43.5 Å². The number of rotatable bonds is 5. The number of sulfonamides is 1. The first-order chi connectivity index (χ1) is 12.4. The molecule has 0 unspecified atom stereocenters. The standard InChI is InChI=1S/C17H15NO7S/c1-24-13-7-3-2-5-11(13)9-15(20)25-10-18-17(21)16-12(19)6-4-8-14(16)26(18,22)23/h2-8,19H,9-10H2,1H3. The number of aromatic hydroxyl groups is 1. The molecule has 1 aliphatic rings. The average molecular weight is 377 g/mol. The number of benzene rings is 2. The van der Waals surface area contributed by atoms with Crippen LogP contribution in [0.4, 0.5) is 0 Å². The van der Waals surface area contributed by atoms with Crippen molar-refractivity contribution in [2.75, 3.05) is 13.8 Å². The van der Waals surface area contributed by atoms with Gasteiger partial charge >= 0.3 is 5.97 Å². The monoisotopic (exact) mass is 377 g/mol. The second-order valence-corrected chi connectivity index (χ2v) is 7.27. The van der Waals surface area contributed by atoms with E-state index < -0.39 is 34.4 Å². The summed E-state index contributed by atoms with van der Waals surface area (Å²) in [5.41, 5.74) is 0.241. The third-order valence-electron chi connectivity index (χ3n) is 3.88. The minimum atomic E-state index is -4.18. The summed E-state index contributed by atoms with van der Waals surface area (Å²) >= 11 is 0. The molecule has 1 heterocycles. The molecule has 1 N–H and O–H groups in total. The summed E-state index contributed by atoms with van der Waals surface area (Å²) in [5.74, 6) is -1.62. The minimum Gasteiger partial charge on any atom is -0.507 e. The average Bonchev–Trinajstić information content (AvgIpc) is 2.81. The molecule has 0 aliphatic carbocycles. The molecule has 0 radical (unpaired) electrons. The van der Waals surface area contributed by atoms with Crippen molar-refractivity contribution >= 4 is 21.9 Å². The Labute approximate surface area is 149 Å². The van der Waals surface area contributed by atoms with Gasteiger partial charge in [-0.2, -0.15) is 4.31 Å². The lowest BCUT2D eigenvalue weighted by atomic mass is 10.1. The van der Waals surface area contributed by atoms with E-state index in [1.165, 1.54) is 25.3 Å². The molecule has 0 bridgehead atoms. The maximum Gasteiger partial charge on any atom is 0.312 e. The predicted octanol–water partition coefficient (Wildman–Crippen LogP) is 1.29. The Bertz CT molecular complexity index is 984. The topological polar surface area (TPSA) is 110 Å². The summed E-state index contributed by atoms with van der Waals surface area (Å²) in [5, 5.41) is 9.75. The fourth-order valence-corrected chi connectivity index (χ4v) is 4.06. The number of phenols is 1. The highest BCUT2D eigenvalue weighted by molar-refractivity contribution is 7.90. The molecule has 0 atom stereocenters. The van der Waals surface area contributed by atoms with Gasteiger partial charge in [-0.25, -0.2) is 8.42 Å². The van der Waals surface area contributed by atoms with E-state index in [0.717, 1.165) is 0 Å². The maximum atomic E-state index is 12.4. The molecule has 0 fully saturated rings. The van der Waals surface area contributed by atoms with E-state index in [4.69, 9.17) is 9.47 Å². The Morgan fingerprint density at radius 2 is 1.88 bits per heavy atom. The van der Waals surface area contributed by atoms with E-state index >= 15 is 0 Å². The normalized spacial score (nSPS) is 14.8. The Kier molecular flexibility index (Phi) is 4.56. The fraction of sp³-hybridized carbons (Fsp3) is 0.176. The largest absolute Gasteiger partial charge is 0.507 e. The van der Waals surface area contributed by atoms with Crippen molar-refractivity contribution in [3.05, 3.63) is 53.6 Å². The maximum absolute atomic E-state index is 12.4. The molecule has 0 saturated carbocycles.